The van der Waals surface area contributed by atoms with Gasteiger partial charge in [0.2, 0.25) is 5.95 Å². The van der Waals surface area contributed by atoms with Gasteiger partial charge in [0.1, 0.15) is 12.1 Å². The van der Waals surface area contributed by atoms with Crippen LogP contribution in [0.1, 0.15) is 16.8 Å². The fourth-order valence-electron chi connectivity index (χ4n) is 2.96. The molecule has 4 rings (SSSR count). The van der Waals surface area contributed by atoms with E-state index in [1.807, 2.05) is 40.6 Å². The largest absolute Gasteiger partial charge is 0.494 e. The molecule has 0 amide bonds. The molecule has 142 valence electrons. The lowest BCUT2D eigenvalue weighted by molar-refractivity contribution is 0.413. The van der Waals surface area contributed by atoms with Gasteiger partial charge in [-0.1, -0.05) is 29.8 Å². The predicted octanol–water partition coefficient (Wildman–Crippen LogP) is 3.88. The van der Waals surface area contributed by atoms with Crippen molar-refractivity contribution in [2.45, 2.75) is 20.4 Å². The second-order valence-electron chi connectivity index (χ2n) is 6.69. The highest BCUT2D eigenvalue weighted by atomic mass is 16.5. The average Bonchev–Trinajstić information content (AvgIpc) is 3.32. The Kier molecular flexibility index (Phi) is 4.80. The van der Waals surface area contributed by atoms with Gasteiger partial charge in [-0.05, 0) is 31.5 Å². The number of hydrogen-bond donors (Lipinski definition) is 1. The molecular formula is C21H22N6O. The summed E-state index contributed by atoms with van der Waals surface area (Å²) in [6.45, 7) is 4.71. The summed E-state index contributed by atoms with van der Waals surface area (Å²) in [5.74, 6) is 1.28. The van der Waals surface area contributed by atoms with Gasteiger partial charge < -0.3 is 14.6 Å². The number of aryl methyl sites for hydroxylation is 2. The first-order valence-corrected chi connectivity index (χ1v) is 9.02. The predicted molar refractivity (Wildman–Crippen MR) is 108 cm³/mol. The van der Waals surface area contributed by atoms with Gasteiger partial charge in [-0.25, -0.2) is 14.6 Å². The van der Waals surface area contributed by atoms with E-state index in [0.29, 0.717) is 12.5 Å². The summed E-state index contributed by atoms with van der Waals surface area (Å²) in [5, 5.41) is 7.73. The second-order valence-corrected chi connectivity index (χ2v) is 6.69. The fraction of sp³-hybridized carbons (Fsp3) is 0.190. The number of hydrogen-bond acceptors (Lipinski definition) is 5. The smallest absolute Gasteiger partial charge is 0.246 e. The molecule has 7 nitrogen and oxygen atoms in total. The zero-order chi connectivity index (χ0) is 19.5. The Morgan fingerprint density at radius 2 is 1.82 bits per heavy atom. The van der Waals surface area contributed by atoms with Gasteiger partial charge in [0.15, 0.2) is 0 Å². The molecule has 0 bridgehead atoms. The standard InChI is InChI=1S/C21H22N6O/c1-15-4-6-17(7-5-15)12-27-14-23-21(25-27)24-18-8-9-19(20(10-18)28-3)26-11-16(2)22-13-26/h4-11,13-14H,12H2,1-3H3,(H,24,25). The molecule has 0 aliphatic carbocycles. The molecule has 4 aromatic rings. The first-order valence-electron chi connectivity index (χ1n) is 9.02. The van der Waals surface area contributed by atoms with Crippen molar-refractivity contribution in [1.29, 1.82) is 0 Å². The molecule has 0 aliphatic heterocycles. The van der Waals surface area contributed by atoms with Crippen LogP contribution in [0.5, 0.6) is 5.75 Å². The first-order chi connectivity index (χ1) is 13.6. The van der Waals surface area contributed by atoms with E-state index in [-0.39, 0.29) is 0 Å². The maximum Gasteiger partial charge on any atom is 0.246 e. The molecule has 0 spiro atoms. The summed E-state index contributed by atoms with van der Waals surface area (Å²) in [7, 11) is 1.65. The van der Waals surface area contributed by atoms with Crippen LogP contribution in [0.3, 0.4) is 0 Å². The molecule has 2 aromatic carbocycles. The van der Waals surface area contributed by atoms with Crippen LogP contribution in [-0.4, -0.2) is 31.4 Å². The van der Waals surface area contributed by atoms with Crippen LogP contribution in [-0.2, 0) is 6.54 Å². The third-order valence-corrected chi connectivity index (χ3v) is 4.43. The van der Waals surface area contributed by atoms with Crippen LogP contribution >= 0.6 is 0 Å². The summed E-state index contributed by atoms with van der Waals surface area (Å²) in [4.78, 5) is 8.62. The second kappa shape index (κ2) is 7.56. The van der Waals surface area contributed by atoms with Crippen molar-refractivity contribution >= 4 is 11.6 Å². The quantitative estimate of drug-likeness (QED) is 0.555. The lowest BCUT2D eigenvalue weighted by Crippen LogP contribution is -2.02. The monoisotopic (exact) mass is 374 g/mol. The molecule has 28 heavy (non-hydrogen) atoms. The van der Waals surface area contributed by atoms with Crippen molar-refractivity contribution in [3.63, 3.8) is 0 Å². The van der Waals surface area contributed by atoms with Gasteiger partial charge in [-0.2, -0.15) is 0 Å². The van der Waals surface area contributed by atoms with Gasteiger partial charge in [-0.15, -0.1) is 5.10 Å². The first kappa shape index (κ1) is 17.8. The Balaban J connectivity index is 1.50. The number of ether oxygens (including phenoxy) is 1. The van der Waals surface area contributed by atoms with Crippen molar-refractivity contribution in [2.75, 3.05) is 12.4 Å². The SMILES string of the molecule is COc1cc(Nc2ncn(Cc3ccc(C)cc3)n2)ccc1-n1cnc(C)c1. The van der Waals surface area contributed by atoms with Crippen molar-refractivity contribution in [2.24, 2.45) is 0 Å². The van der Waals surface area contributed by atoms with Crippen LogP contribution in [0, 0.1) is 13.8 Å². The molecule has 0 atom stereocenters. The molecule has 1 N–H and O–H groups in total. The number of nitrogens with one attached hydrogen (secondary N) is 1. The number of aromatic nitrogens is 5. The molecule has 0 aliphatic rings. The van der Waals surface area contributed by atoms with Crippen molar-refractivity contribution < 1.29 is 4.74 Å². The number of nitrogens with zero attached hydrogens (tertiary/aromatic N) is 5. The van der Waals surface area contributed by atoms with E-state index >= 15 is 0 Å². The summed E-state index contributed by atoms with van der Waals surface area (Å²) in [5.41, 5.74) is 5.15. The summed E-state index contributed by atoms with van der Waals surface area (Å²) < 4.78 is 9.30. The molecule has 2 aromatic heterocycles. The van der Waals surface area contributed by atoms with E-state index in [1.165, 1.54) is 11.1 Å². The van der Waals surface area contributed by atoms with Crippen LogP contribution in [0.15, 0.2) is 61.3 Å². The minimum absolute atomic E-state index is 0.542. The van der Waals surface area contributed by atoms with E-state index in [9.17, 15) is 0 Å². The Labute approximate surface area is 163 Å². The van der Waals surface area contributed by atoms with Crippen molar-refractivity contribution in [3.05, 3.63) is 78.1 Å². The van der Waals surface area contributed by atoms with E-state index < -0.39 is 0 Å². The topological polar surface area (TPSA) is 69.8 Å². The summed E-state index contributed by atoms with van der Waals surface area (Å²) >= 11 is 0. The third kappa shape index (κ3) is 3.88. The summed E-state index contributed by atoms with van der Waals surface area (Å²) in [6, 6.07) is 14.3. The Morgan fingerprint density at radius 1 is 1.00 bits per heavy atom. The number of benzene rings is 2. The number of anilines is 2. The maximum atomic E-state index is 5.55. The van der Waals surface area contributed by atoms with Crippen LogP contribution < -0.4 is 10.1 Å². The fourth-order valence-corrected chi connectivity index (χ4v) is 2.96. The van der Waals surface area contributed by atoms with Crippen LogP contribution in [0.2, 0.25) is 0 Å². The van der Waals surface area contributed by atoms with Gasteiger partial charge in [0.05, 0.1) is 31.4 Å². The molecular weight excluding hydrogens is 352 g/mol. The minimum atomic E-state index is 0.542. The lowest BCUT2D eigenvalue weighted by Gasteiger charge is -2.11. The van der Waals surface area contributed by atoms with Crippen LogP contribution in [0.4, 0.5) is 11.6 Å². The van der Waals surface area contributed by atoms with Gasteiger partial charge >= 0.3 is 0 Å². The highest BCUT2D eigenvalue weighted by Gasteiger charge is 2.09. The molecule has 0 fully saturated rings. The average molecular weight is 374 g/mol. The molecule has 2 heterocycles. The highest BCUT2D eigenvalue weighted by molar-refractivity contribution is 5.61. The lowest BCUT2D eigenvalue weighted by atomic mass is 10.1. The van der Waals surface area contributed by atoms with Gasteiger partial charge in [0.25, 0.3) is 0 Å². The molecule has 0 unspecified atom stereocenters. The maximum absolute atomic E-state index is 5.55. The van der Waals surface area contributed by atoms with E-state index in [2.05, 4.69) is 51.6 Å². The van der Waals surface area contributed by atoms with Crippen molar-refractivity contribution in [1.82, 2.24) is 24.3 Å². The van der Waals surface area contributed by atoms with Crippen LogP contribution in [0.25, 0.3) is 5.69 Å². The normalized spacial score (nSPS) is 10.8. The summed E-state index contributed by atoms with van der Waals surface area (Å²) in [6.07, 6.45) is 5.45. The van der Waals surface area contributed by atoms with Gasteiger partial charge in [-0.3, -0.25) is 0 Å². The zero-order valence-corrected chi connectivity index (χ0v) is 16.1. The molecule has 0 saturated heterocycles. The molecule has 7 heteroatoms. The Morgan fingerprint density at radius 3 is 2.54 bits per heavy atom. The molecule has 0 saturated carbocycles. The Hall–Kier alpha value is -3.61. The zero-order valence-electron chi connectivity index (χ0n) is 16.1. The number of methoxy groups -OCH3 is 1. The van der Waals surface area contributed by atoms with E-state index in [0.717, 1.165) is 22.8 Å². The number of rotatable bonds is 6. The van der Waals surface area contributed by atoms with Gasteiger partial charge in [0, 0.05) is 18.0 Å². The number of imidazole rings is 1. The minimum Gasteiger partial charge on any atom is -0.494 e. The molecule has 0 radical (unpaired) electrons. The van der Waals surface area contributed by atoms with E-state index in [4.69, 9.17) is 4.74 Å². The Bertz CT molecular complexity index is 1080. The van der Waals surface area contributed by atoms with Crippen molar-refractivity contribution in [3.8, 4) is 11.4 Å². The van der Waals surface area contributed by atoms with E-state index in [1.54, 1.807) is 19.8 Å². The third-order valence-electron chi connectivity index (χ3n) is 4.43. The highest BCUT2D eigenvalue weighted by Crippen LogP contribution is 2.27.